The lowest BCUT2D eigenvalue weighted by Gasteiger charge is -2.09. The number of carbonyl (C=O) groups is 1. The summed E-state index contributed by atoms with van der Waals surface area (Å²) in [6.45, 7) is 9.37. The lowest BCUT2D eigenvalue weighted by molar-refractivity contribution is 0.0924. The summed E-state index contributed by atoms with van der Waals surface area (Å²) in [5.74, 6) is 0.0464. The number of nitrogens with one attached hydrogen (secondary N) is 1. The van der Waals surface area contributed by atoms with Gasteiger partial charge >= 0.3 is 0 Å². The second kappa shape index (κ2) is 6.67. The van der Waals surface area contributed by atoms with Gasteiger partial charge < -0.3 is 14.6 Å². The van der Waals surface area contributed by atoms with Crippen LogP contribution in [0.2, 0.25) is 0 Å². The van der Waals surface area contributed by atoms with Crippen molar-refractivity contribution in [2.24, 2.45) is 0 Å². The number of nitrogens with zero attached hydrogens (tertiary/aromatic N) is 2. The smallest absolute Gasteiger partial charge is 0.259 e. The number of fused-ring (bicyclic) bond motifs is 1. The monoisotopic (exact) mass is 291 g/mol. The van der Waals surface area contributed by atoms with E-state index >= 15 is 0 Å². The van der Waals surface area contributed by atoms with Crippen LogP contribution in [0.15, 0.2) is 10.6 Å². The first-order valence-electron chi connectivity index (χ1n) is 7.17. The summed E-state index contributed by atoms with van der Waals surface area (Å²) in [6, 6.07) is 1.81. The van der Waals surface area contributed by atoms with Crippen molar-refractivity contribution in [3.8, 4) is 0 Å². The number of aromatic nitrogens is 2. The Bertz CT molecular complexity index is 634. The van der Waals surface area contributed by atoms with Gasteiger partial charge in [-0.2, -0.15) is 0 Å². The minimum Gasteiger partial charge on any atom is -0.380 e. The number of rotatable bonds is 6. The molecule has 1 amide bonds. The molecule has 21 heavy (non-hydrogen) atoms. The van der Waals surface area contributed by atoms with E-state index in [1.54, 1.807) is 6.92 Å². The van der Waals surface area contributed by atoms with Crippen molar-refractivity contribution in [3.05, 3.63) is 23.0 Å². The first kappa shape index (κ1) is 15.4. The maximum absolute atomic E-state index is 12.4. The van der Waals surface area contributed by atoms with Crippen molar-refractivity contribution in [3.63, 3.8) is 0 Å². The molecule has 2 aromatic rings. The maximum Gasteiger partial charge on any atom is 0.259 e. The number of pyridine rings is 1. The number of ether oxygens (including phenoxy) is 1. The van der Waals surface area contributed by atoms with Crippen LogP contribution in [-0.4, -0.2) is 35.8 Å². The van der Waals surface area contributed by atoms with Gasteiger partial charge in [-0.3, -0.25) is 4.79 Å². The molecule has 6 heteroatoms. The minimum absolute atomic E-state index is 0.157. The second-order valence-corrected chi connectivity index (χ2v) is 5.15. The standard InChI is InChI=1S/C15H21N3O3/c1-5-20-7-6-16-14(19)11-8-12(9(2)3)17-15-13(11)10(4)18-21-15/h8-9H,5-7H2,1-4H3,(H,16,19). The van der Waals surface area contributed by atoms with Crippen LogP contribution in [0, 0.1) is 6.92 Å². The average Bonchev–Trinajstić information content (AvgIpc) is 2.84. The Hall–Kier alpha value is -1.95. The molecule has 0 aromatic carbocycles. The normalized spacial score (nSPS) is 11.3. The van der Waals surface area contributed by atoms with Gasteiger partial charge in [0.05, 0.1) is 23.3 Å². The third kappa shape index (κ3) is 3.39. The molecule has 0 aliphatic carbocycles. The third-order valence-corrected chi connectivity index (χ3v) is 3.21. The molecule has 1 N–H and O–H groups in total. The van der Waals surface area contributed by atoms with Crippen LogP contribution in [0.1, 0.15) is 48.4 Å². The zero-order valence-corrected chi connectivity index (χ0v) is 12.9. The van der Waals surface area contributed by atoms with E-state index in [0.717, 1.165) is 5.69 Å². The zero-order chi connectivity index (χ0) is 15.4. The van der Waals surface area contributed by atoms with Gasteiger partial charge in [-0.25, -0.2) is 4.98 Å². The van der Waals surface area contributed by atoms with E-state index in [2.05, 4.69) is 15.5 Å². The topological polar surface area (TPSA) is 77.2 Å². The number of amides is 1. The van der Waals surface area contributed by atoms with Gasteiger partial charge in [0.25, 0.3) is 11.6 Å². The maximum atomic E-state index is 12.4. The molecule has 0 unspecified atom stereocenters. The molecular weight excluding hydrogens is 270 g/mol. The van der Waals surface area contributed by atoms with Crippen molar-refractivity contribution in [1.29, 1.82) is 0 Å². The summed E-state index contributed by atoms with van der Waals surface area (Å²) in [4.78, 5) is 16.8. The van der Waals surface area contributed by atoms with E-state index in [-0.39, 0.29) is 11.8 Å². The molecule has 0 aliphatic heterocycles. The van der Waals surface area contributed by atoms with Gasteiger partial charge in [0, 0.05) is 18.8 Å². The Labute approximate surface area is 123 Å². The number of carbonyl (C=O) groups excluding carboxylic acids is 1. The summed E-state index contributed by atoms with van der Waals surface area (Å²) in [5, 5.41) is 7.43. The van der Waals surface area contributed by atoms with E-state index in [0.29, 0.717) is 42.1 Å². The Morgan fingerprint density at radius 3 is 2.90 bits per heavy atom. The Kier molecular flexibility index (Phi) is 4.90. The molecule has 0 saturated heterocycles. The molecule has 2 rings (SSSR count). The summed E-state index contributed by atoms with van der Waals surface area (Å²) in [6.07, 6.45) is 0. The van der Waals surface area contributed by atoms with E-state index in [1.807, 2.05) is 26.8 Å². The molecule has 0 radical (unpaired) electrons. The number of hydrogen-bond donors (Lipinski definition) is 1. The molecule has 0 aliphatic rings. The van der Waals surface area contributed by atoms with Gasteiger partial charge in [0.15, 0.2) is 0 Å². The molecule has 0 saturated carbocycles. The van der Waals surface area contributed by atoms with E-state index < -0.39 is 0 Å². The van der Waals surface area contributed by atoms with Gasteiger partial charge in [0.2, 0.25) is 0 Å². The molecule has 114 valence electrons. The van der Waals surface area contributed by atoms with Crippen LogP contribution in [0.5, 0.6) is 0 Å². The molecule has 6 nitrogen and oxygen atoms in total. The first-order valence-corrected chi connectivity index (χ1v) is 7.17. The van der Waals surface area contributed by atoms with Gasteiger partial charge in [-0.15, -0.1) is 0 Å². The highest BCUT2D eigenvalue weighted by molar-refractivity contribution is 6.06. The minimum atomic E-state index is -0.157. The highest BCUT2D eigenvalue weighted by Gasteiger charge is 2.19. The van der Waals surface area contributed by atoms with Crippen molar-refractivity contribution in [2.75, 3.05) is 19.8 Å². The lowest BCUT2D eigenvalue weighted by atomic mass is 10.0. The quantitative estimate of drug-likeness (QED) is 0.827. The van der Waals surface area contributed by atoms with Crippen LogP contribution < -0.4 is 5.32 Å². The summed E-state index contributed by atoms with van der Waals surface area (Å²) in [7, 11) is 0. The molecular formula is C15H21N3O3. The fourth-order valence-corrected chi connectivity index (χ4v) is 2.06. The van der Waals surface area contributed by atoms with E-state index in [1.165, 1.54) is 0 Å². The molecule has 0 spiro atoms. The summed E-state index contributed by atoms with van der Waals surface area (Å²) < 4.78 is 10.4. The predicted octanol–water partition coefficient (Wildman–Crippen LogP) is 2.42. The van der Waals surface area contributed by atoms with Crippen LogP contribution in [0.25, 0.3) is 11.1 Å². The summed E-state index contributed by atoms with van der Waals surface area (Å²) in [5.41, 5.74) is 2.45. The van der Waals surface area contributed by atoms with Gasteiger partial charge in [-0.1, -0.05) is 19.0 Å². The first-order chi connectivity index (χ1) is 10.0. The average molecular weight is 291 g/mol. The number of hydrogen-bond acceptors (Lipinski definition) is 5. The highest BCUT2D eigenvalue weighted by atomic mass is 16.5. The van der Waals surface area contributed by atoms with Crippen molar-refractivity contribution in [1.82, 2.24) is 15.5 Å². The Morgan fingerprint density at radius 1 is 1.48 bits per heavy atom. The fourth-order valence-electron chi connectivity index (χ4n) is 2.06. The van der Waals surface area contributed by atoms with Crippen LogP contribution in [0.4, 0.5) is 0 Å². The van der Waals surface area contributed by atoms with Crippen LogP contribution in [0.3, 0.4) is 0 Å². The number of aryl methyl sites for hydroxylation is 1. The SMILES string of the molecule is CCOCCNC(=O)c1cc(C(C)C)nc2onc(C)c12. The second-order valence-electron chi connectivity index (χ2n) is 5.15. The predicted molar refractivity (Wildman–Crippen MR) is 79.5 cm³/mol. The van der Waals surface area contributed by atoms with Crippen molar-refractivity contribution < 1.29 is 14.1 Å². The zero-order valence-electron chi connectivity index (χ0n) is 12.9. The summed E-state index contributed by atoms with van der Waals surface area (Å²) >= 11 is 0. The van der Waals surface area contributed by atoms with Crippen molar-refractivity contribution >= 4 is 17.0 Å². The van der Waals surface area contributed by atoms with Gasteiger partial charge in [-0.05, 0) is 25.8 Å². The van der Waals surface area contributed by atoms with E-state index in [4.69, 9.17) is 9.26 Å². The molecule has 2 heterocycles. The highest BCUT2D eigenvalue weighted by Crippen LogP contribution is 2.24. The lowest BCUT2D eigenvalue weighted by Crippen LogP contribution is -2.27. The Balaban J connectivity index is 2.31. The largest absolute Gasteiger partial charge is 0.380 e. The van der Waals surface area contributed by atoms with E-state index in [9.17, 15) is 4.79 Å². The molecule has 0 bridgehead atoms. The molecule has 0 atom stereocenters. The van der Waals surface area contributed by atoms with Crippen LogP contribution in [-0.2, 0) is 4.74 Å². The van der Waals surface area contributed by atoms with Crippen LogP contribution >= 0.6 is 0 Å². The third-order valence-electron chi connectivity index (χ3n) is 3.21. The van der Waals surface area contributed by atoms with Crippen molar-refractivity contribution in [2.45, 2.75) is 33.6 Å². The molecule has 0 fully saturated rings. The fraction of sp³-hybridized carbons (Fsp3) is 0.533. The molecule has 2 aromatic heterocycles. The van der Waals surface area contributed by atoms with Gasteiger partial charge in [0.1, 0.15) is 0 Å². The Morgan fingerprint density at radius 2 is 2.24 bits per heavy atom.